The first kappa shape index (κ1) is 12.2. The monoisotopic (exact) mass is 191 g/mol. The minimum atomic E-state index is -0.0289. The molecule has 74 valence electrons. The minimum Gasteiger partial charge on any atom is -1.00 e. The SMILES string of the molecule is CC1CCC(C(C)C)C(O)C1.[Cl-]. The molecule has 1 nitrogen and oxygen atoms in total. The Morgan fingerprint density at radius 3 is 2.25 bits per heavy atom. The normalized spacial score (nSPS) is 36.2. The Hall–Kier alpha value is 0.250. The summed E-state index contributed by atoms with van der Waals surface area (Å²) in [5.41, 5.74) is 0. The summed E-state index contributed by atoms with van der Waals surface area (Å²) >= 11 is 0. The van der Waals surface area contributed by atoms with E-state index in [1.807, 2.05) is 0 Å². The average molecular weight is 192 g/mol. The van der Waals surface area contributed by atoms with Crippen LogP contribution >= 0.6 is 0 Å². The highest BCUT2D eigenvalue weighted by Gasteiger charge is 2.28. The molecule has 3 unspecified atom stereocenters. The van der Waals surface area contributed by atoms with Crippen LogP contribution < -0.4 is 12.4 Å². The van der Waals surface area contributed by atoms with Crippen LogP contribution in [-0.4, -0.2) is 11.2 Å². The lowest BCUT2D eigenvalue weighted by atomic mass is 9.75. The third-order valence-electron chi connectivity index (χ3n) is 2.99. The van der Waals surface area contributed by atoms with Crippen LogP contribution in [0.1, 0.15) is 40.0 Å². The van der Waals surface area contributed by atoms with Gasteiger partial charge in [-0.25, -0.2) is 0 Å². The van der Waals surface area contributed by atoms with E-state index in [0.717, 1.165) is 12.3 Å². The number of hydrogen-bond acceptors (Lipinski definition) is 1. The van der Waals surface area contributed by atoms with Gasteiger partial charge in [0.25, 0.3) is 0 Å². The Morgan fingerprint density at radius 1 is 1.25 bits per heavy atom. The van der Waals surface area contributed by atoms with Crippen LogP contribution in [-0.2, 0) is 0 Å². The lowest BCUT2D eigenvalue weighted by Gasteiger charge is -2.33. The van der Waals surface area contributed by atoms with Crippen molar-refractivity contribution in [3.05, 3.63) is 0 Å². The lowest BCUT2D eigenvalue weighted by Crippen LogP contribution is -3.00. The fourth-order valence-electron chi connectivity index (χ4n) is 2.15. The van der Waals surface area contributed by atoms with Crippen LogP contribution in [0, 0.1) is 17.8 Å². The molecule has 0 bridgehead atoms. The number of rotatable bonds is 1. The predicted molar refractivity (Wildman–Crippen MR) is 47.3 cm³/mol. The van der Waals surface area contributed by atoms with Gasteiger partial charge in [-0.15, -0.1) is 0 Å². The Labute approximate surface area is 82.0 Å². The summed E-state index contributed by atoms with van der Waals surface area (Å²) in [5, 5.41) is 9.71. The maximum absolute atomic E-state index is 9.71. The van der Waals surface area contributed by atoms with E-state index in [2.05, 4.69) is 20.8 Å². The van der Waals surface area contributed by atoms with Gasteiger partial charge < -0.3 is 17.5 Å². The van der Waals surface area contributed by atoms with Gasteiger partial charge in [0, 0.05) is 0 Å². The molecule has 2 heteroatoms. The summed E-state index contributed by atoms with van der Waals surface area (Å²) in [5.74, 6) is 1.95. The first-order valence-electron chi connectivity index (χ1n) is 4.79. The van der Waals surface area contributed by atoms with Crippen molar-refractivity contribution in [1.82, 2.24) is 0 Å². The third kappa shape index (κ3) is 2.95. The van der Waals surface area contributed by atoms with Gasteiger partial charge in [-0.2, -0.15) is 0 Å². The summed E-state index contributed by atoms with van der Waals surface area (Å²) in [6.07, 6.45) is 3.52. The van der Waals surface area contributed by atoms with Crippen LogP contribution in [0.25, 0.3) is 0 Å². The van der Waals surface area contributed by atoms with Crippen molar-refractivity contribution < 1.29 is 17.5 Å². The van der Waals surface area contributed by atoms with Gasteiger partial charge in [-0.3, -0.25) is 0 Å². The maximum atomic E-state index is 9.71. The first-order valence-corrected chi connectivity index (χ1v) is 4.79. The van der Waals surface area contributed by atoms with Gasteiger partial charge in [0.1, 0.15) is 0 Å². The highest BCUT2D eigenvalue weighted by atomic mass is 35.5. The highest BCUT2D eigenvalue weighted by Crippen LogP contribution is 2.33. The zero-order valence-corrected chi connectivity index (χ0v) is 9.01. The van der Waals surface area contributed by atoms with Crippen LogP contribution in [0.15, 0.2) is 0 Å². The molecule has 1 fully saturated rings. The average Bonchev–Trinajstić information content (AvgIpc) is 1.85. The molecule has 0 radical (unpaired) electrons. The largest absolute Gasteiger partial charge is 1.00 e. The molecule has 1 saturated carbocycles. The fraction of sp³-hybridized carbons (Fsp3) is 1.00. The summed E-state index contributed by atoms with van der Waals surface area (Å²) in [6.45, 7) is 6.66. The maximum Gasteiger partial charge on any atom is 0.0573 e. The summed E-state index contributed by atoms with van der Waals surface area (Å²) in [4.78, 5) is 0. The van der Waals surface area contributed by atoms with Crippen molar-refractivity contribution in [2.75, 3.05) is 0 Å². The van der Waals surface area contributed by atoms with E-state index in [1.54, 1.807) is 0 Å². The van der Waals surface area contributed by atoms with Crippen LogP contribution in [0.5, 0.6) is 0 Å². The fourth-order valence-corrected chi connectivity index (χ4v) is 2.15. The van der Waals surface area contributed by atoms with Crippen molar-refractivity contribution in [2.24, 2.45) is 17.8 Å². The Balaban J connectivity index is 0.00000121. The highest BCUT2D eigenvalue weighted by molar-refractivity contribution is 4.79. The van der Waals surface area contributed by atoms with Gasteiger partial charge in [0.05, 0.1) is 6.10 Å². The molecule has 1 aliphatic carbocycles. The van der Waals surface area contributed by atoms with Gasteiger partial charge in [0.2, 0.25) is 0 Å². The van der Waals surface area contributed by atoms with Crippen LogP contribution in [0.3, 0.4) is 0 Å². The van der Waals surface area contributed by atoms with E-state index in [-0.39, 0.29) is 18.5 Å². The topological polar surface area (TPSA) is 20.2 Å². The Bertz CT molecular complexity index is 125. The molecule has 0 aromatic heterocycles. The number of aliphatic hydroxyl groups excluding tert-OH is 1. The Kier molecular flexibility index (Phi) is 5.19. The number of halogens is 1. The molecular formula is C10H20ClO-. The van der Waals surface area contributed by atoms with E-state index >= 15 is 0 Å². The van der Waals surface area contributed by atoms with Crippen molar-refractivity contribution in [3.63, 3.8) is 0 Å². The van der Waals surface area contributed by atoms with E-state index in [1.165, 1.54) is 12.8 Å². The van der Waals surface area contributed by atoms with E-state index in [4.69, 9.17) is 0 Å². The Morgan fingerprint density at radius 2 is 1.83 bits per heavy atom. The van der Waals surface area contributed by atoms with Crippen molar-refractivity contribution in [2.45, 2.75) is 46.1 Å². The first-order chi connectivity index (χ1) is 5.11. The molecule has 0 aliphatic heterocycles. The van der Waals surface area contributed by atoms with Crippen molar-refractivity contribution in [1.29, 1.82) is 0 Å². The quantitative estimate of drug-likeness (QED) is 0.590. The summed E-state index contributed by atoms with van der Waals surface area (Å²) in [7, 11) is 0. The minimum absolute atomic E-state index is 0. The number of hydrogen-bond donors (Lipinski definition) is 1. The summed E-state index contributed by atoms with van der Waals surface area (Å²) < 4.78 is 0. The predicted octanol–water partition coefficient (Wildman–Crippen LogP) is -0.556. The van der Waals surface area contributed by atoms with Gasteiger partial charge >= 0.3 is 0 Å². The molecule has 0 aromatic rings. The van der Waals surface area contributed by atoms with Gasteiger partial charge in [-0.05, 0) is 30.6 Å². The van der Waals surface area contributed by atoms with E-state index in [0.29, 0.717) is 11.8 Å². The summed E-state index contributed by atoms with van der Waals surface area (Å²) in [6, 6.07) is 0. The third-order valence-corrected chi connectivity index (χ3v) is 2.99. The van der Waals surface area contributed by atoms with Crippen LogP contribution in [0.4, 0.5) is 0 Å². The molecule has 12 heavy (non-hydrogen) atoms. The van der Waals surface area contributed by atoms with E-state index in [9.17, 15) is 5.11 Å². The molecular weight excluding hydrogens is 172 g/mol. The molecule has 0 aromatic carbocycles. The lowest BCUT2D eigenvalue weighted by molar-refractivity contribution is -0.0000141. The smallest absolute Gasteiger partial charge is 0.0573 e. The molecule has 1 aliphatic rings. The molecule has 0 amide bonds. The molecule has 0 spiro atoms. The zero-order valence-electron chi connectivity index (χ0n) is 8.26. The second-order valence-electron chi connectivity index (χ2n) is 4.39. The second kappa shape index (κ2) is 5.08. The molecule has 0 heterocycles. The van der Waals surface area contributed by atoms with Crippen LogP contribution in [0.2, 0.25) is 0 Å². The molecule has 1 rings (SSSR count). The van der Waals surface area contributed by atoms with Gasteiger partial charge in [-0.1, -0.05) is 27.2 Å². The van der Waals surface area contributed by atoms with Crippen molar-refractivity contribution in [3.8, 4) is 0 Å². The molecule has 0 saturated heterocycles. The number of aliphatic hydroxyl groups is 1. The van der Waals surface area contributed by atoms with Crippen molar-refractivity contribution >= 4 is 0 Å². The molecule has 3 atom stereocenters. The van der Waals surface area contributed by atoms with E-state index < -0.39 is 0 Å². The van der Waals surface area contributed by atoms with Gasteiger partial charge in [0.15, 0.2) is 0 Å². The zero-order chi connectivity index (χ0) is 8.43. The standard InChI is InChI=1S/C10H20O.ClH/c1-7(2)9-5-4-8(3)6-10(9)11;/h7-11H,4-6H2,1-3H3;1H/p-1. The molecule has 1 N–H and O–H groups in total. The second-order valence-corrected chi connectivity index (χ2v) is 4.39.